The monoisotopic (exact) mass is 583 g/mol. The van der Waals surface area contributed by atoms with Crippen LogP contribution in [0.25, 0.3) is 11.0 Å². The van der Waals surface area contributed by atoms with Gasteiger partial charge < -0.3 is 18.6 Å². The highest BCUT2D eigenvalue weighted by molar-refractivity contribution is 6.11. The highest BCUT2D eigenvalue weighted by Gasteiger charge is 2.44. The number of anilines is 1. The molecule has 43 heavy (non-hydrogen) atoms. The number of benzene rings is 3. The fourth-order valence-electron chi connectivity index (χ4n) is 5.19. The molecular weight excluding hydrogens is 546 g/mol. The average Bonchev–Trinajstić information content (AvgIpc) is 3.29. The summed E-state index contributed by atoms with van der Waals surface area (Å²) in [6.07, 6.45) is 1.70. The molecule has 1 aromatic heterocycles. The van der Waals surface area contributed by atoms with E-state index in [1.165, 1.54) is 4.90 Å². The maximum absolute atomic E-state index is 14.1. The van der Waals surface area contributed by atoms with E-state index in [1.54, 1.807) is 49.6 Å². The minimum atomic E-state index is -0.805. The van der Waals surface area contributed by atoms with Crippen LogP contribution in [0.5, 0.6) is 11.5 Å². The van der Waals surface area contributed by atoms with Gasteiger partial charge in [-0.3, -0.25) is 14.5 Å². The van der Waals surface area contributed by atoms with Crippen LogP contribution in [0, 0.1) is 19.8 Å². The van der Waals surface area contributed by atoms with Gasteiger partial charge in [-0.15, -0.1) is 0 Å². The highest BCUT2D eigenvalue weighted by Crippen LogP contribution is 2.43. The average molecular weight is 584 g/mol. The van der Waals surface area contributed by atoms with Crippen molar-refractivity contribution in [2.75, 3.05) is 25.2 Å². The summed E-state index contributed by atoms with van der Waals surface area (Å²) in [6, 6.07) is 14.8. The molecule has 1 aliphatic rings. The van der Waals surface area contributed by atoms with Crippen molar-refractivity contribution in [3.8, 4) is 11.5 Å². The Morgan fingerprint density at radius 1 is 0.977 bits per heavy atom. The third-order valence-corrected chi connectivity index (χ3v) is 7.67. The van der Waals surface area contributed by atoms with Gasteiger partial charge in [0.1, 0.15) is 5.58 Å². The topological polar surface area (TPSA) is 95.3 Å². The second-order valence-corrected chi connectivity index (χ2v) is 11.3. The predicted octanol–water partition coefficient (Wildman–Crippen LogP) is 7.16. The number of hydrogen-bond acceptors (Lipinski definition) is 7. The Balaban J connectivity index is 1.64. The van der Waals surface area contributed by atoms with Crippen molar-refractivity contribution in [2.24, 2.45) is 5.92 Å². The van der Waals surface area contributed by atoms with Gasteiger partial charge in [0.05, 0.1) is 42.9 Å². The number of hydrogen-bond donors (Lipinski definition) is 0. The lowest BCUT2D eigenvalue weighted by Gasteiger charge is -2.26. The zero-order valence-electron chi connectivity index (χ0n) is 25.5. The van der Waals surface area contributed by atoms with E-state index in [-0.39, 0.29) is 16.8 Å². The van der Waals surface area contributed by atoms with Crippen LogP contribution in [0.2, 0.25) is 0 Å². The molecule has 0 bridgehead atoms. The zero-order valence-corrected chi connectivity index (χ0v) is 25.5. The van der Waals surface area contributed by atoms with Gasteiger partial charge in [-0.2, -0.15) is 0 Å². The van der Waals surface area contributed by atoms with E-state index in [4.69, 9.17) is 18.6 Å². The van der Waals surface area contributed by atoms with Gasteiger partial charge in [0, 0.05) is 5.69 Å². The molecule has 1 atom stereocenters. The number of carbonyl (C=O) groups is 2. The number of rotatable bonds is 10. The first kappa shape index (κ1) is 29.9. The van der Waals surface area contributed by atoms with Crippen molar-refractivity contribution in [1.82, 2.24) is 0 Å². The Morgan fingerprint density at radius 2 is 1.70 bits per heavy atom. The predicted molar refractivity (Wildman–Crippen MR) is 166 cm³/mol. The number of fused-ring (bicyclic) bond motifs is 2. The standard InChI is InChI=1S/C35H37NO7/c1-7-8-15-41-35(39)23-9-12-25(13-10-23)36-31(24-11-14-27(29(18-24)40-6)42-19-20(2)3)30-32(37)26-16-21(4)22(5)17-28(26)43-33(30)34(36)38/h9-14,16-18,20,31H,7-8,15,19H2,1-6H3. The minimum Gasteiger partial charge on any atom is -0.493 e. The van der Waals surface area contributed by atoms with E-state index in [9.17, 15) is 14.4 Å². The first-order valence-electron chi connectivity index (χ1n) is 14.6. The first-order valence-corrected chi connectivity index (χ1v) is 14.6. The number of esters is 1. The molecule has 0 radical (unpaired) electrons. The van der Waals surface area contributed by atoms with Crippen molar-refractivity contribution in [2.45, 2.75) is 53.5 Å². The van der Waals surface area contributed by atoms with Crippen LogP contribution < -0.4 is 19.8 Å². The molecule has 0 aliphatic carbocycles. The van der Waals surface area contributed by atoms with Gasteiger partial charge in [-0.1, -0.05) is 33.3 Å². The molecule has 0 spiro atoms. The molecule has 8 nitrogen and oxygen atoms in total. The SMILES string of the molecule is CCCCOC(=O)c1ccc(N2C(=O)c3oc4cc(C)c(C)cc4c(=O)c3C2c2ccc(OCC(C)C)c(OC)c2)cc1. The Labute approximate surface area is 251 Å². The van der Waals surface area contributed by atoms with Gasteiger partial charge >= 0.3 is 5.97 Å². The third-order valence-electron chi connectivity index (χ3n) is 7.67. The second kappa shape index (κ2) is 12.3. The number of nitrogens with zero attached hydrogens (tertiary/aromatic N) is 1. The van der Waals surface area contributed by atoms with Crippen molar-refractivity contribution >= 4 is 28.5 Å². The molecule has 3 aromatic carbocycles. The fourth-order valence-corrected chi connectivity index (χ4v) is 5.19. The number of amides is 1. The minimum absolute atomic E-state index is 0.00657. The van der Waals surface area contributed by atoms with E-state index in [0.717, 1.165) is 24.0 Å². The van der Waals surface area contributed by atoms with Crippen molar-refractivity contribution in [1.29, 1.82) is 0 Å². The van der Waals surface area contributed by atoms with E-state index in [1.807, 2.05) is 32.9 Å². The van der Waals surface area contributed by atoms with E-state index in [0.29, 0.717) is 58.4 Å². The smallest absolute Gasteiger partial charge is 0.338 e. The van der Waals surface area contributed by atoms with E-state index >= 15 is 0 Å². The molecule has 1 amide bonds. The maximum Gasteiger partial charge on any atom is 0.338 e. The lowest BCUT2D eigenvalue weighted by Crippen LogP contribution is -2.29. The molecular formula is C35H37NO7. The molecule has 2 heterocycles. The Hall–Kier alpha value is -4.59. The first-order chi connectivity index (χ1) is 20.6. The summed E-state index contributed by atoms with van der Waals surface area (Å²) in [5.41, 5.74) is 3.78. The van der Waals surface area contributed by atoms with Crippen molar-refractivity contribution in [3.05, 3.63) is 98.4 Å². The Morgan fingerprint density at radius 3 is 2.37 bits per heavy atom. The Kier molecular flexibility index (Phi) is 8.57. The number of aryl methyl sites for hydroxylation is 2. The van der Waals surface area contributed by atoms with Gasteiger partial charge in [0.15, 0.2) is 16.9 Å². The largest absolute Gasteiger partial charge is 0.493 e. The van der Waals surface area contributed by atoms with Gasteiger partial charge in [0.2, 0.25) is 5.76 Å². The number of carbonyl (C=O) groups excluding carboxylic acids is 2. The third kappa shape index (κ3) is 5.74. The molecule has 5 rings (SSSR count). The fraction of sp³-hybridized carbons (Fsp3) is 0.343. The number of methoxy groups -OCH3 is 1. The Bertz CT molecular complexity index is 1740. The van der Waals surface area contributed by atoms with Crippen LogP contribution in [0.3, 0.4) is 0 Å². The zero-order chi connectivity index (χ0) is 30.8. The summed E-state index contributed by atoms with van der Waals surface area (Å²) in [4.78, 5) is 42.2. The van der Waals surface area contributed by atoms with Crippen molar-refractivity contribution < 1.29 is 28.2 Å². The number of ether oxygens (including phenoxy) is 3. The van der Waals surface area contributed by atoms with Crippen LogP contribution >= 0.6 is 0 Å². The number of unbranched alkanes of at least 4 members (excludes halogenated alkanes) is 1. The summed E-state index contributed by atoms with van der Waals surface area (Å²) in [7, 11) is 1.55. The lowest BCUT2D eigenvalue weighted by molar-refractivity contribution is 0.0499. The molecule has 0 N–H and O–H groups in total. The molecule has 0 saturated heterocycles. The van der Waals surface area contributed by atoms with Crippen molar-refractivity contribution in [3.63, 3.8) is 0 Å². The molecule has 0 saturated carbocycles. The van der Waals surface area contributed by atoms with Crippen LogP contribution in [0.15, 0.2) is 63.8 Å². The maximum atomic E-state index is 14.1. The van der Waals surface area contributed by atoms with Crippen LogP contribution in [-0.4, -0.2) is 32.2 Å². The second-order valence-electron chi connectivity index (χ2n) is 11.3. The molecule has 0 fully saturated rings. The highest BCUT2D eigenvalue weighted by atomic mass is 16.5. The van der Waals surface area contributed by atoms with Crippen LogP contribution in [0.1, 0.15) is 82.8 Å². The van der Waals surface area contributed by atoms with Gasteiger partial charge in [-0.25, -0.2) is 4.79 Å². The molecule has 224 valence electrons. The van der Waals surface area contributed by atoms with Gasteiger partial charge in [-0.05, 0) is 91.4 Å². The summed E-state index contributed by atoms with van der Waals surface area (Å²) < 4.78 is 23.1. The summed E-state index contributed by atoms with van der Waals surface area (Å²) in [5.74, 6) is 0.487. The van der Waals surface area contributed by atoms with E-state index < -0.39 is 17.9 Å². The normalized spacial score (nSPS) is 14.3. The summed E-state index contributed by atoms with van der Waals surface area (Å²) >= 11 is 0. The molecule has 8 heteroatoms. The lowest BCUT2D eigenvalue weighted by atomic mass is 9.96. The summed E-state index contributed by atoms with van der Waals surface area (Å²) in [6.45, 7) is 10.9. The van der Waals surface area contributed by atoms with Crippen LogP contribution in [0.4, 0.5) is 5.69 Å². The van der Waals surface area contributed by atoms with E-state index in [2.05, 4.69) is 13.8 Å². The van der Waals surface area contributed by atoms with Crippen LogP contribution in [-0.2, 0) is 4.74 Å². The summed E-state index contributed by atoms with van der Waals surface area (Å²) in [5, 5.41) is 0.413. The molecule has 1 unspecified atom stereocenters. The molecule has 4 aromatic rings. The molecule has 1 aliphatic heterocycles. The quantitative estimate of drug-likeness (QED) is 0.144. The van der Waals surface area contributed by atoms with Gasteiger partial charge in [0.25, 0.3) is 5.91 Å².